The van der Waals surface area contributed by atoms with Gasteiger partial charge >= 0.3 is 0 Å². The third-order valence-corrected chi connectivity index (χ3v) is 1.94. The Balaban J connectivity index is 2.86. The summed E-state index contributed by atoms with van der Waals surface area (Å²) in [5, 5.41) is 8.91. The summed E-state index contributed by atoms with van der Waals surface area (Å²) in [6, 6.07) is 7.76. The SMILES string of the molecule is COc1cccc([C@H](C)CO)c1. The number of rotatable bonds is 3. The van der Waals surface area contributed by atoms with E-state index in [1.165, 1.54) is 0 Å². The highest BCUT2D eigenvalue weighted by molar-refractivity contribution is 5.30. The van der Waals surface area contributed by atoms with E-state index in [0.717, 1.165) is 11.3 Å². The second kappa shape index (κ2) is 4.12. The van der Waals surface area contributed by atoms with Crippen molar-refractivity contribution in [2.24, 2.45) is 0 Å². The van der Waals surface area contributed by atoms with Gasteiger partial charge in [0.05, 0.1) is 7.11 Å². The molecule has 0 unspecified atom stereocenters. The lowest BCUT2D eigenvalue weighted by Gasteiger charge is -2.09. The molecular formula is C10H14O2. The molecule has 0 aliphatic carbocycles. The summed E-state index contributed by atoms with van der Waals surface area (Å²) in [6.07, 6.45) is 0. The minimum atomic E-state index is 0.174. The summed E-state index contributed by atoms with van der Waals surface area (Å²) < 4.78 is 5.07. The molecule has 12 heavy (non-hydrogen) atoms. The van der Waals surface area contributed by atoms with E-state index < -0.39 is 0 Å². The Labute approximate surface area is 72.8 Å². The van der Waals surface area contributed by atoms with E-state index in [2.05, 4.69) is 0 Å². The number of ether oxygens (including phenoxy) is 1. The first-order valence-electron chi connectivity index (χ1n) is 4.02. The van der Waals surface area contributed by atoms with Crippen LogP contribution in [0.25, 0.3) is 0 Å². The van der Waals surface area contributed by atoms with Gasteiger partial charge < -0.3 is 9.84 Å². The molecule has 1 aromatic carbocycles. The monoisotopic (exact) mass is 166 g/mol. The summed E-state index contributed by atoms with van der Waals surface area (Å²) in [7, 11) is 1.64. The van der Waals surface area contributed by atoms with Crippen molar-refractivity contribution in [1.29, 1.82) is 0 Å². The molecule has 0 spiro atoms. The van der Waals surface area contributed by atoms with Gasteiger partial charge in [-0.25, -0.2) is 0 Å². The fraction of sp³-hybridized carbons (Fsp3) is 0.400. The molecule has 0 bridgehead atoms. The van der Waals surface area contributed by atoms with Crippen molar-refractivity contribution in [2.45, 2.75) is 12.8 Å². The van der Waals surface area contributed by atoms with E-state index in [-0.39, 0.29) is 12.5 Å². The van der Waals surface area contributed by atoms with Gasteiger partial charge in [-0.05, 0) is 17.7 Å². The van der Waals surface area contributed by atoms with Crippen molar-refractivity contribution in [3.63, 3.8) is 0 Å². The minimum Gasteiger partial charge on any atom is -0.497 e. The van der Waals surface area contributed by atoms with Crippen LogP contribution < -0.4 is 4.74 Å². The molecule has 1 N–H and O–H groups in total. The van der Waals surface area contributed by atoms with Gasteiger partial charge in [0.2, 0.25) is 0 Å². The third-order valence-electron chi connectivity index (χ3n) is 1.94. The van der Waals surface area contributed by atoms with E-state index >= 15 is 0 Å². The Morgan fingerprint density at radius 1 is 1.50 bits per heavy atom. The van der Waals surface area contributed by atoms with Gasteiger partial charge in [-0.1, -0.05) is 19.1 Å². The van der Waals surface area contributed by atoms with Gasteiger partial charge in [0.25, 0.3) is 0 Å². The molecule has 0 saturated heterocycles. The highest BCUT2D eigenvalue weighted by Crippen LogP contribution is 2.19. The molecule has 0 amide bonds. The number of aliphatic hydroxyl groups is 1. The van der Waals surface area contributed by atoms with Crippen LogP contribution in [0.3, 0.4) is 0 Å². The van der Waals surface area contributed by atoms with Crippen molar-refractivity contribution < 1.29 is 9.84 Å². The lowest BCUT2D eigenvalue weighted by atomic mass is 10.0. The summed E-state index contributed by atoms with van der Waals surface area (Å²) in [5.74, 6) is 1.02. The van der Waals surface area contributed by atoms with Gasteiger partial charge in [0.15, 0.2) is 0 Å². The molecule has 2 heteroatoms. The highest BCUT2D eigenvalue weighted by atomic mass is 16.5. The second-order valence-corrected chi connectivity index (χ2v) is 2.86. The highest BCUT2D eigenvalue weighted by Gasteiger charge is 2.03. The third kappa shape index (κ3) is 1.98. The number of hydrogen-bond acceptors (Lipinski definition) is 2. The van der Waals surface area contributed by atoms with Crippen molar-refractivity contribution in [1.82, 2.24) is 0 Å². The maximum atomic E-state index is 8.91. The van der Waals surface area contributed by atoms with Crippen LogP contribution in [0.15, 0.2) is 24.3 Å². The van der Waals surface area contributed by atoms with E-state index in [9.17, 15) is 0 Å². The fourth-order valence-corrected chi connectivity index (χ4v) is 1.05. The molecule has 0 fully saturated rings. The second-order valence-electron chi connectivity index (χ2n) is 2.86. The average molecular weight is 166 g/mol. The van der Waals surface area contributed by atoms with Crippen LogP contribution in [0.5, 0.6) is 5.75 Å². The van der Waals surface area contributed by atoms with Crippen molar-refractivity contribution in [3.05, 3.63) is 29.8 Å². The smallest absolute Gasteiger partial charge is 0.119 e. The van der Waals surface area contributed by atoms with Gasteiger partial charge in [-0.2, -0.15) is 0 Å². The Morgan fingerprint density at radius 3 is 2.83 bits per heavy atom. The van der Waals surface area contributed by atoms with E-state index in [1.807, 2.05) is 31.2 Å². The summed E-state index contributed by atoms with van der Waals surface area (Å²) in [5.41, 5.74) is 1.11. The van der Waals surface area contributed by atoms with Crippen LogP contribution in [0.1, 0.15) is 18.4 Å². The van der Waals surface area contributed by atoms with Gasteiger partial charge in [0, 0.05) is 12.5 Å². The zero-order valence-electron chi connectivity index (χ0n) is 7.45. The predicted octanol–water partition coefficient (Wildman–Crippen LogP) is 1.79. The molecule has 0 aliphatic rings. The topological polar surface area (TPSA) is 29.5 Å². The van der Waals surface area contributed by atoms with E-state index in [1.54, 1.807) is 7.11 Å². The Kier molecular flexibility index (Phi) is 3.11. The Morgan fingerprint density at radius 2 is 2.25 bits per heavy atom. The first-order chi connectivity index (χ1) is 5.77. The predicted molar refractivity (Wildman–Crippen MR) is 48.5 cm³/mol. The standard InChI is InChI=1S/C10H14O2/c1-8(7-11)9-4-3-5-10(6-9)12-2/h3-6,8,11H,7H2,1-2H3/t8-/m1/s1. The summed E-state index contributed by atoms with van der Waals surface area (Å²) in [4.78, 5) is 0. The summed E-state index contributed by atoms with van der Waals surface area (Å²) in [6.45, 7) is 2.15. The molecule has 0 heterocycles. The van der Waals surface area contributed by atoms with Gasteiger partial charge in [-0.15, -0.1) is 0 Å². The van der Waals surface area contributed by atoms with Crippen LogP contribution in [0.4, 0.5) is 0 Å². The van der Waals surface area contributed by atoms with Crippen LogP contribution in [-0.4, -0.2) is 18.8 Å². The van der Waals surface area contributed by atoms with Crippen molar-refractivity contribution in [3.8, 4) is 5.75 Å². The normalized spacial score (nSPS) is 12.6. The van der Waals surface area contributed by atoms with Crippen molar-refractivity contribution >= 4 is 0 Å². The Hall–Kier alpha value is -1.02. The van der Waals surface area contributed by atoms with Gasteiger partial charge in [0.1, 0.15) is 5.75 Å². The molecule has 1 rings (SSSR count). The molecule has 66 valence electrons. The molecule has 0 aliphatic heterocycles. The molecule has 0 saturated carbocycles. The average Bonchev–Trinajstić information content (AvgIpc) is 2.17. The maximum Gasteiger partial charge on any atom is 0.119 e. The van der Waals surface area contributed by atoms with Crippen LogP contribution in [0.2, 0.25) is 0 Å². The van der Waals surface area contributed by atoms with Gasteiger partial charge in [-0.3, -0.25) is 0 Å². The Bertz CT molecular complexity index is 245. The quantitative estimate of drug-likeness (QED) is 0.741. The molecule has 1 atom stereocenters. The van der Waals surface area contributed by atoms with Crippen LogP contribution >= 0.6 is 0 Å². The van der Waals surface area contributed by atoms with E-state index in [4.69, 9.17) is 9.84 Å². The number of hydrogen-bond donors (Lipinski definition) is 1. The lowest BCUT2D eigenvalue weighted by Crippen LogP contribution is -1.98. The number of aliphatic hydroxyl groups excluding tert-OH is 1. The molecule has 1 aromatic rings. The first-order valence-corrected chi connectivity index (χ1v) is 4.02. The number of methoxy groups -OCH3 is 1. The molecule has 2 nitrogen and oxygen atoms in total. The zero-order chi connectivity index (χ0) is 8.97. The van der Waals surface area contributed by atoms with Crippen LogP contribution in [-0.2, 0) is 0 Å². The summed E-state index contributed by atoms with van der Waals surface area (Å²) >= 11 is 0. The molecule has 0 radical (unpaired) electrons. The molecular weight excluding hydrogens is 152 g/mol. The fourth-order valence-electron chi connectivity index (χ4n) is 1.05. The maximum absolute atomic E-state index is 8.91. The van der Waals surface area contributed by atoms with E-state index in [0.29, 0.717) is 0 Å². The minimum absolute atomic E-state index is 0.174. The van der Waals surface area contributed by atoms with Crippen molar-refractivity contribution in [2.75, 3.05) is 13.7 Å². The zero-order valence-corrected chi connectivity index (χ0v) is 7.45. The largest absolute Gasteiger partial charge is 0.497 e. The van der Waals surface area contributed by atoms with Crippen LogP contribution in [0, 0.1) is 0 Å². The first kappa shape index (κ1) is 9.07. The lowest BCUT2D eigenvalue weighted by molar-refractivity contribution is 0.273. The molecule has 0 aromatic heterocycles. The number of benzene rings is 1.